The van der Waals surface area contributed by atoms with Gasteiger partial charge in [0.25, 0.3) is 0 Å². The van der Waals surface area contributed by atoms with Crippen LogP contribution in [0.4, 0.5) is 0 Å². The maximum absolute atomic E-state index is 5.84. The molecule has 0 amide bonds. The second-order valence-corrected chi connectivity index (χ2v) is 3.77. The van der Waals surface area contributed by atoms with Crippen LogP contribution in [0.2, 0.25) is 0 Å². The summed E-state index contributed by atoms with van der Waals surface area (Å²) in [5, 5.41) is 0. The van der Waals surface area contributed by atoms with Gasteiger partial charge in [-0.15, -0.1) is 0 Å². The minimum atomic E-state index is 0.454. The second-order valence-electron chi connectivity index (χ2n) is 3.77. The lowest BCUT2D eigenvalue weighted by molar-refractivity contribution is 0.257. The molecule has 0 radical (unpaired) electrons. The first-order valence-electron chi connectivity index (χ1n) is 4.28. The number of nitrogens with zero attached hydrogens (tertiary/aromatic N) is 1. The van der Waals surface area contributed by atoms with Crippen LogP contribution in [0.1, 0.15) is 26.2 Å². The van der Waals surface area contributed by atoms with Crippen molar-refractivity contribution < 1.29 is 0 Å². The molecule has 2 fully saturated rings. The maximum atomic E-state index is 5.84. The molecule has 2 nitrogen and oxygen atoms in total. The fourth-order valence-electron chi connectivity index (χ4n) is 2.01. The fourth-order valence-corrected chi connectivity index (χ4v) is 2.01. The molecule has 10 heavy (non-hydrogen) atoms. The Balaban J connectivity index is 1.95. The lowest BCUT2D eigenvalue weighted by Crippen LogP contribution is -2.31. The van der Waals surface area contributed by atoms with E-state index in [1.165, 1.54) is 19.3 Å². The van der Waals surface area contributed by atoms with E-state index >= 15 is 0 Å². The van der Waals surface area contributed by atoms with Gasteiger partial charge >= 0.3 is 0 Å². The summed E-state index contributed by atoms with van der Waals surface area (Å²) in [6, 6.07) is 2.11. The van der Waals surface area contributed by atoms with Crippen molar-refractivity contribution in [2.24, 2.45) is 5.73 Å². The normalized spacial score (nSPS) is 42.6. The molecule has 1 aliphatic heterocycles. The molecule has 1 aliphatic carbocycles. The van der Waals surface area contributed by atoms with E-state index in [0.717, 1.165) is 18.6 Å². The molecule has 0 aromatic rings. The quantitative estimate of drug-likeness (QED) is 0.577. The van der Waals surface area contributed by atoms with Gasteiger partial charge < -0.3 is 5.73 Å². The number of rotatable bonds is 1. The van der Waals surface area contributed by atoms with Crippen LogP contribution in [0.5, 0.6) is 0 Å². The molecule has 2 aliphatic rings. The van der Waals surface area contributed by atoms with Gasteiger partial charge in [-0.2, -0.15) is 0 Å². The van der Waals surface area contributed by atoms with E-state index in [0.29, 0.717) is 6.04 Å². The van der Waals surface area contributed by atoms with E-state index in [4.69, 9.17) is 5.73 Å². The summed E-state index contributed by atoms with van der Waals surface area (Å²) in [5.74, 6) is 0. The molecular formula is C8H16N2. The van der Waals surface area contributed by atoms with E-state index in [-0.39, 0.29) is 0 Å². The summed E-state index contributed by atoms with van der Waals surface area (Å²) >= 11 is 0. The third kappa shape index (κ3) is 1.06. The first kappa shape index (κ1) is 6.62. The fraction of sp³-hybridized carbons (Fsp3) is 1.00. The van der Waals surface area contributed by atoms with Gasteiger partial charge in [-0.1, -0.05) is 0 Å². The average molecular weight is 140 g/mol. The third-order valence-corrected chi connectivity index (χ3v) is 2.67. The minimum Gasteiger partial charge on any atom is -0.326 e. The number of likely N-dealkylation sites (tertiary alicyclic amines) is 1. The van der Waals surface area contributed by atoms with Crippen LogP contribution < -0.4 is 5.73 Å². The first-order chi connectivity index (χ1) is 4.77. The summed E-state index contributed by atoms with van der Waals surface area (Å²) in [7, 11) is 0. The summed E-state index contributed by atoms with van der Waals surface area (Å²) < 4.78 is 0. The molecule has 2 atom stereocenters. The van der Waals surface area contributed by atoms with E-state index in [1.54, 1.807) is 0 Å². The van der Waals surface area contributed by atoms with Crippen molar-refractivity contribution in [1.29, 1.82) is 0 Å². The Morgan fingerprint density at radius 1 is 1.40 bits per heavy atom. The van der Waals surface area contributed by atoms with Crippen LogP contribution in [0.15, 0.2) is 0 Å². The molecule has 0 aromatic heterocycles. The zero-order chi connectivity index (χ0) is 7.14. The van der Waals surface area contributed by atoms with Gasteiger partial charge in [0.1, 0.15) is 0 Å². The van der Waals surface area contributed by atoms with Gasteiger partial charge in [-0.05, 0) is 26.2 Å². The van der Waals surface area contributed by atoms with Gasteiger partial charge in [-0.25, -0.2) is 0 Å². The molecule has 58 valence electrons. The summed E-state index contributed by atoms with van der Waals surface area (Å²) in [4.78, 5) is 2.57. The van der Waals surface area contributed by atoms with Gasteiger partial charge in [0.05, 0.1) is 0 Å². The van der Waals surface area contributed by atoms with Crippen molar-refractivity contribution in [1.82, 2.24) is 4.90 Å². The molecule has 1 heterocycles. The molecule has 0 aromatic carbocycles. The highest BCUT2D eigenvalue weighted by Gasteiger charge is 2.37. The number of hydrogen-bond donors (Lipinski definition) is 1. The average Bonchev–Trinajstić information content (AvgIpc) is 2.61. The van der Waals surface area contributed by atoms with Crippen molar-refractivity contribution >= 4 is 0 Å². The Morgan fingerprint density at radius 2 is 2.10 bits per heavy atom. The van der Waals surface area contributed by atoms with Gasteiger partial charge in [-0.3, -0.25) is 4.90 Å². The zero-order valence-electron chi connectivity index (χ0n) is 6.59. The Labute approximate surface area is 62.4 Å². The predicted molar refractivity (Wildman–Crippen MR) is 41.8 cm³/mol. The van der Waals surface area contributed by atoms with E-state index < -0.39 is 0 Å². The van der Waals surface area contributed by atoms with Gasteiger partial charge in [0.2, 0.25) is 0 Å². The maximum Gasteiger partial charge on any atom is 0.0182 e. The van der Waals surface area contributed by atoms with Crippen molar-refractivity contribution in [2.75, 3.05) is 6.54 Å². The van der Waals surface area contributed by atoms with Crippen LogP contribution in [-0.2, 0) is 0 Å². The smallest absolute Gasteiger partial charge is 0.0182 e. The van der Waals surface area contributed by atoms with Crippen LogP contribution in [0.3, 0.4) is 0 Å². The lowest BCUT2D eigenvalue weighted by Gasteiger charge is -2.19. The predicted octanol–water partition coefficient (Wildman–Crippen LogP) is 0.570. The Bertz CT molecular complexity index is 131. The molecule has 0 spiro atoms. The van der Waals surface area contributed by atoms with E-state index in [1.807, 2.05) is 0 Å². The molecule has 2 heteroatoms. The largest absolute Gasteiger partial charge is 0.326 e. The molecule has 0 unspecified atom stereocenters. The summed E-state index contributed by atoms with van der Waals surface area (Å²) in [6.45, 7) is 3.44. The topological polar surface area (TPSA) is 29.3 Å². The highest BCUT2D eigenvalue weighted by molar-refractivity contribution is 4.94. The standard InChI is InChI=1S/C8H16N2/c1-6-4-7(9)5-10(6)8-2-3-8/h6-8H,2-5,9H2,1H3/t6-,7-/m0/s1. The first-order valence-corrected chi connectivity index (χ1v) is 4.28. The highest BCUT2D eigenvalue weighted by Crippen LogP contribution is 2.32. The molecule has 2 rings (SSSR count). The van der Waals surface area contributed by atoms with Crippen molar-refractivity contribution in [3.05, 3.63) is 0 Å². The van der Waals surface area contributed by atoms with Crippen molar-refractivity contribution in [2.45, 2.75) is 44.3 Å². The van der Waals surface area contributed by atoms with Crippen molar-refractivity contribution in [3.8, 4) is 0 Å². The second kappa shape index (κ2) is 2.21. The molecule has 2 N–H and O–H groups in total. The Morgan fingerprint density at radius 3 is 2.50 bits per heavy atom. The minimum absolute atomic E-state index is 0.454. The third-order valence-electron chi connectivity index (χ3n) is 2.67. The molecule has 1 saturated carbocycles. The Kier molecular flexibility index (Phi) is 1.46. The SMILES string of the molecule is C[C@H]1C[C@H](N)CN1C1CC1. The van der Waals surface area contributed by atoms with E-state index in [2.05, 4.69) is 11.8 Å². The zero-order valence-corrected chi connectivity index (χ0v) is 6.59. The summed E-state index contributed by atoms with van der Waals surface area (Å²) in [5.41, 5.74) is 5.84. The van der Waals surface area contributed by atoms with Crippen LogP contribution >= 0.6 is 0 Å². The molecule has 0 bridgehead atoms. The molecular weight excluding hydrogens is 124 g/mol. The summed E-state index contributed by atoms with van der Waals surface area (Å²) in [6.07, 6.45) is 4.03. The Hall–Kier alpha value is -0.0800. The van der Waals surface area contributed by atoms with Crippen LogP contribution in [0, 0.1) is 0 Å². The molecule has 1 saturated heterocycles. The monoisotopic (exact) mass is 140 g/mol. The van der Waals surface area contributed by atoms with E-state index in [9.17, 15) is 0 Å². The van der Waals surface area contributed by atoms with Crippen LogP contribution in [-0.4, -0.2) is 29.6 Å². The lowest BCUT2D eigenvalue weighted by atomic mass is 10.2. The number of hydrogen-bond acceptors (Lipinski definition) is 2. The van der Waals surface area contributed by atoms with Gasteiger partial charge in [0, 0.05) is 24.7 Å². The highest BCUT2D eigenvalue weighted by atomic mass is 15.2. The number of nitrogens with two attached hydrogens (primary N) is 1. The van der Waals surface area contributed by atoms with Gasteiger partial charge in [0.15, 0.2) is 0 Å². The van der Waals surface area contributed by atoms with Crippen LogP contribution in [0.25, 0.3) is 0 Å². The van der Waals surface area contributed by atoms with Crippen molar-refractivity contribution in [3.63, 3.8) is 0 Å².